The van der Waals surface area contributed by atoms with Crippen molar-refractivity contribution in [3.05, 3.63) is 47.5 Å². The number of piperidine rings is 1. The Kier molecular flexibility index (Phi) is 4.33. The predicted octanol–water partition coefficient (Wildman–Crippen LogP) is 2.97. The fraction of sp³-hybridized carbons (Fsp3) is 0.474. The van der Waals surface area contributed by atoms with E-state index in [9.17, 15) is 8.42 Å². The lowest BCUT2D eigenvalue weighted by Crippen LogP contribution is -2.41. The molecule has 0 N–H and O–H groups in total. The fourth-order valence-electron chi connectivity index (χ4n) is 3.78. The Morgan fingerprint density at radius 3 is 2.58 bits per heavy atom. The van der Waals surface area contributed by atoms with Crippen molar-refractivity contribution in [3.8, 4) is 6.07 Å². The highest BCUT2D eigenvalue weighted by Gasteiger charge is 2.35. The highest BCUT2D eigenvalue weighted by molar-refractivity contribution is 7.89. The zero-order valence-electron chi connectivity index (χ0n) is 14.8. The molecule has 1 aromatic heterocycles. The number of hydrogen-bond donors (Lipinski definition) is 0. The van der Waals surface area contributed by atoms with Crippen molar-refractivity contribution in [2.45, 2.75) is 49.5 Å². The monoisotopic (exact) mass is 370 g/mol. The predicted molar refractivity (Wildman–Crippen MR) is 97.1 cm³/mol. The van der Waals surface area contributed by atoms with E-state index in [0.717, 1.165) is 24.4 Å². The van der Waals surface area contributed by atoms with Gasteiger partial charge in [0.25, 0.3) is 0 Å². The van der Waals surface area contributed by atoms with Crippen LogP contribution in [0.25, 0.3) is 0 Å². The van der Waals surface area contributed by atoms with E-state index in [-0.39, 0.29) is 10.9 Å². The fourth-order valence-corrected chi connectivity index (χ4v) is 5.30. The Balaban J connectivity index is 1.60. The maximum Gasteiger partial charge on any atom is 0.243 e. The van der Waals surface area contributed by atoms with E-state index in [0.29, 0.717) is 24.6 Å². The molecule has 4 rings (SSSR count). The Morgan fingerprint density at radius 2 is 1.92 bits per heavy atom. The summed E-state index contributed by atoms with van der Waals surface area (Å²) in [5.74, 6) is 1.65. The van der Waals surface area contributed by atoms with Gasteiger partial charge in [0, 0.05) is 36.9 Å². The van der Waals surface area contributed by atoms with Gasteiger partial charge in [-0.25, -0.2) is 13.4 Å². The smallest absolute Gasteiger partial charge is 0.243 e. The van der Waals surface area contributed by atoms with Gasteiger partial charge in [-0.15, -0.1) is 0 Å². The highest BCUT2D eigenvalue weighted by Crippen LogP contribution is 2.41. The van der Waals surface area contributed by atoms with Crippen LogP contribution in [0.4, 0.5) is 0 Å². The van der Waals surface area contributed by atoms with Crippen molar-refractivity contribution in [1.82, 2.24) is 13.9 Å². The van der Waals surface area contributed by atoms with Crippen molar-refractivity contribution < 1.29 is 8.42 Å². The Morgan fingerprint density at radius 1 is 1.19 bits per heavy atom. The molecule has 1 saturated carbocycles. The lowest BCUT2D eigenvalue weighted by Gasteiger charge is -2.34. The van der Waals surface area contributed by atoms with Crippen molar-refractivity contribution in [1.29, 1.82) is 5.26 Å². The molecule has 2 aliphatic rings. The van der Waals surface area contributed by atoms with Crippen LogP contribution in [0.2, 0.25) is 0 Å². The largest absolute Gasteiger partial charge is 0.328 e. The number of nitrogens with zero attached hydrogens (tertiary/aromatic N) is 4. The highest BCUT2D eigenvalue weighted by atomic mass is 32.2. The maximum atomic E-state index is 13.0. The maximum absolute atomic E-state index is 13.0. The van der Waals surface area contributed by atoms with Gasteiger partial charge < -0.3 is 4.57 Å². The Labute approximate surface area is 154 Å². The molecule has 6 nitrogen and oxygen atoms in total. The van der Waals surface area contributed by atoms with Gasteiger partial charge >= 0.3 is 0 Å². The average Bonchev–Trinajstić information content (AvgIpc) is 3.44. The minimum atomic E-state index is -3.55. The lowest BCUT2D eigenvalue weighted by atomic mass is 10.1. The quantitative estimate of drug-likeness (QED) is 0.829. The first kappa shape index (κ1) is 17.3. The Bertz CT molecular complexity index is 952. The van der Waals surface area contributed by atoms with E-state index in [2.05, 4.69) is 9.55 Å². The van der Waals surface area contributed by atoms with Gasteiger partial charge in [0.2, 0.25) is 10.0 Å². The van der Waals surface area contributed by atoms with Gasteiger partial charge in [-0.3, -0.25) is 0 Å². The number of imidazole rings is 1. The van der Waals surface area contributed by atoms with Crippen LogP contribution < -0.4 is 0 Å². The number of nitriles is 1. The van der Waals surface area contributed by atoms with Crippen LogP contribution >= 0.6 is 0 Å². The van der Waals surface area contributed by atoms with Crippen molar-refractivity contribution in [2.75, 3.05) is 13.1 Å². The average molecular weight is 370 g/mol. The van der Waals surface area contributed by atoms with Crippen LogP contribution in [0.1, 0.15) is 54.7 Å². The molecule has 2 fully saturated rings. The third kappa shape index (κ3) is 3.04. The molecule has 1 aliphatic heterocycles. The topological polar surface area (TPSA) is 79.0 Å². The standard InChI is InChI=1S/C19H22N4O2S/c1-14-12-21-19(16-6-7-16)23(14)17-3-2-10-22(13-17)26(24,25)18-8-4-15(11-20)5-9-18/h4-5,8-9,12,16-17H,2-3,6-7,10,13H2,1H3. The molecule has 0 spiro atoms. The lowest BCUT2D eigenvalue weighted by molar-refractivity contribution is 0.261. The molecule has 1 aliphatic carbocycles. The van der Waals surface area contributed by atoms with Crippen LogP contribution in [0.5, 0.6) is 0 Å². The summed E-state index contributed by atoms with van der Waals surface area (Å²) in [6, 6.07) is 8.31. The van der Waals surface area contributed by atoms with E-state index in [1.807, 2.05) is 19.2 Å². The third-order valence-electron chi connectivity index (χ3n) is 5.30. The van der Waals surface area contributed by atoms with Gasteiger partial charge in [-0.1, -0.05) is 0 Å². The van der Waals surface area contributed by atoms with Crippen LogP contribution in [0.3, 0.4) is 0 Å². The van der Waals surface area contributed by atoms with Crippen molar-refractivity contribution in [3.63, 3.8) is 0 Å². The van der Waals surface area contributed by atoms with E-state index < -0.39 is 10.0 Å². The summed E-state index contributed by atoms with van der Waals surface area (Å²) < 4.78 is 29.9. The van der Waals surface area contributed by atoms with Gasteiger partial charge in [0.05, 0.1) is 16.5 Å². The van der Waals surface area contributed by atoms with Crippen LogP contribution in [-0.2, 0) is 10.0 Å². The second-order valence-corrected chi connectivity index (χ2v) is 9.14. The first-order valence-corrected chi connectivity index (χ1v) is 10.5. The number of hydrogen-bond acceptors (Lipinski definition) is 4. The molecule has 1 atom stereocenters. The Hall–Kier alpha value is -2.17. The van der Waals surface area contributed by atoms with Crippen molar-refractivity contribution >= 4 is 10.0 Å². The first-order chi connectivity index (χ1) is 12.5. The van der Waals surface area contributed by atoms with Crippen molar-refractivity contribution in [2.24, 2.45) is 0 Å². The molecular formula is C19H22N4O2S. The second-order valence-electron chi connectivity index (χ2n) is 7.20. The number of benzene rings is 1. The van der Waals surface area contributed by atoms with Crippen LogP contribution in [-0.4, -0.2) is 35.4 Å². The first-order valence-electron chi connectivity index (χ1n) is 9.05. The molecule has 0 bridgehead atoms. The molecule has 1 saturated heterocycles. The molecule has 1 aromatic carbocycles. The molecule has 2 heterocycles. The molecule has 0 radical (unpaired) electrons. The number of aryl methyl sites for hydroxylation is 1. The normalized spacial score (nSPS) is 21.5. The molecule has 2 aromatic rings. The summed E-state index contributed by atoms with van der Waals surface area (Å²) >= 11 is 0. The molecule has 7 heteroatoms. The molecule has 0 amide bonds. The van der Waals surface area contributed by atoms with Gasteiger partial charge in [-0.2, -0.15) is 9.57 Å². The summed E-state index contributed by atoms with van der Waals surface area (Å²) in [5.41, 5.74) is 1.57. The minimum Gasteiger partial charge on any atom is -0.328 e. The summed E-state index contributed by atoms with van der Waals surface area (Å²) in [5, 5.41) is 8.90. The van der Waals surface area contributed by atoms with Crippen LogP contribution in [0.15, 0.2) is 35.4 Å². The van der Waals surface area contributed by atoms with E-state index in [1.54, 1.807) is 16.4 Å². The van der Waals surface area contributed by atoms with E-state index in [1.165, 1.54) is 25.0 Å². The number of aromatic nitrogens is 2. The summed E-state index contributed by atoms with van der Waals surface area (Å²) in [6.07, 6.45) is 6.06. The number of rotatable bonds is 4. The molecule has 1 unspecified atom stereocenters. The van der Waals surface area contributed by atoms with Gasteiger partial charge in [-0.05, 0) is 56.9 Å². The molecule has 26 heavy (non-hydrogen) atoms. The van der Waals surface area contributed by atoms with Gasteiger partial charge in [0.1, 0.15) is 5.82 Å². The zero-order chi connectivity index (χ0) is 18.3. The summed E-state index contributed by atoms with van der Waals surface area (Å²) in [4.78, 5) is 4.83. The van der Waals surface area contributed by atoms with E-state index >= 15 is 0 Å². The minimum absolute atomic E-state index is 0.134. The zero-order valence-corrected chi connectivity index (χ0v) is 15.6. The van der Waals surface area contributed by atoms with E-state index in [4.69, 9.17) is 5.26 Å². The molecular weight excluding hydrogens is 348 g/mol. The molecule has 136 valence electrons. The van der Waals surface area contributed by atoms with Gasteiger partial charge in [0.15, 0.2) is 0 Å². The summed E-state index contributed by atoms with van der Waals surface area (Å²) in [7, 11) is -3.55. The summed E-state index contributed by atoms with van der Waals surface area (Å²) in [6.45, 7) is 3.05. The van der Waals surface area contributed by atoms with Crippen LogP contribution in [0, 0.1) is 18.3 Å². The SMILES string of the molecule is Cc1cnc(C2CC2)n1C1CCCN(S(=O)(=O)c2ccc(C#N)cc2)C1. The third-order valence-corrected chi connectivity index (χ3v) is 7.18. The second kappa shape index (κ2) is 6.53. The number of sulfonamides is 1.